The van der Waals surface area contributed by atoms with E-state index in [1.165, 1.54) is 12.1 Å². The zero-order valence-electron chi connectivity index (χ0n) is 17.5. The van der Waals surface area contributed by atoms with E-state index in [0.717, 1.165) is 21.0 Å². The van der Waals surface area contributed by atoms with E-state index in [4.69, 9.17) is 0 Å². The van der Waals surface area contributed by atoms with E-state index in [1.54, 1.807) is 48.5 Å². The first-order chi connectivity index (χ1) is 16.3. The molecule has 170 valence electrons. The Kier molecular flexibility index (Phi) is 4.98. The van der Waals surface area contributed by atoms with Crippen LogP contribution in [0.4, 0.5) is 5.69 Å². The summed E-state index contributed by atoms with van der Waals surface area (Å²) in [5.74, 6) is -0.884. The average molecular weight is 476 g/mol. The van der Waals surface area contributed by atoms with Crippen LogP contribution in [0.25, 0.3) is 11.0 Å². The number of para-hydroxylation sites is 3. The van der Waals surface area contributed by atoms with Crippen LogP contribution in [-0.4, -0.2) is 45.6 Å². The average Bonchev–Trinajstić information content (AvgIpc) is 3.33. The number of carbonyl (C=O) groups excluding carboxylic acids is 2. The van der Waals surface area contributed by atoms with Gasteiger partial charge in [0.25, 0.3) is 27.5 Å². The quantitative estimate of drug-likeness (QED) is 0.237. The third kappa shape index (κ3) is 3.25. The molecule has 0 radical (unpaired) electrons. The molecule has 11 heteroatoms. The summed E-state index contributed by atoms with van der Waals surface area (Å²) in [7, 11) is -4.43. The van der Waals surface area contributed by atoms with E-state index in [2.05, 4.69) is 4.98 Å². The van der Waals surface area contributed by atoms with Gasteiger partial charge in [0.05, 0.1) is 27.1 Å². The smallest absolute Gasteiger partial charge is 0.274 e. The van der Waals surface area contributed by atoms with Crippen molar-refractivity contribution in [1.29, 1.82) is 0 Å². The van der Waals surface area contributed by atoms with Gasteiger partial charge in [0.2, 0.25) is 0 Å². The van der Waals surface area contributed by atoms with Gasteiger partial charge in [0, 0.05) is 19.0 Å². The van der Waals surface area contributed by atoms with Crippen molar-refractivity contribution < 1.29 is 22.9 Å². The van der Waals surface area contributed by atoms with Crippen LogP contribution in [0.3, 0.4) is 0 Å². The molecule has 1 aliphatic rings. The summed E-state index contributed by atoms with van der Waals surface area (Å²) in [6.07, 6.45) is -0.0694. The highest BCUT2D eigenvalue weighted by atomic mass is 32.2. The summed E-state index contributed by atoms with van der Waals surface area (Å²) in [5, 5.41) is 11.5. The second kappa shape index (κ2) is 7.89. The zero-order valence-corrected chi connectivity index (χ0v) is 18.3. The summed E-state index contributed by atoms with van der Waals surface area (Å²) in [6.45, 7) is -0.109. The maximum absolute atomic E-state index is 13.6. The first kappa shape index (κ1) is 21.5. The lowest BCUT2D eigenvalue weighted by atomic mass is 10.1. The van der Waals surface area contributed by atoms with Gasteiger partial charge in [0.15, 0.2) is 4.90 Å². The van der Waals surface area contributed by atoms with Crippen molar-refractivity contribution in [3.05, 3.63) is 99.9 Å². The van der Waals surface area contributed by atoms with Crippen LogP contribution in [0.1, 0.15) is 26.5 Å². The van der Waals surface area contributed by atoms with Crippen molar-refractivity contribution in [2.24, 2.45) is 0 Å². The molecule has 34 heavy (non-hydrogen) atoms. The van der Waals surface area contributed by atoms with Crippen LogP contribution < -0.4 is 0 Å². The van der Waals surface area contributed by atoms with E-state index in [-0.39, 0.29) is 35.4 Å². The molecule has 1 aromatic heterocycles. The van der Waals surface area contributed by atoms with E-state index in [9.17, 15) is 28.1 Å². The second-order valence-electron chi connectivity index (χ2n) is 7.57. The number of hydrogen-bond acceptors (Lipinski definition) is 7. The van der Waals surface area contributed by atoms with Crippen molar-refractivity contribution in [2.75, 3.05) is 6.54 Å². The van der Waals surface area contributed by atoms with Crippen molar-refractivity contribution in [1.82, 2.24) is 13.9 Å². The molecule has 0 unspecified atom stereocenters. The number of fused-ring (bicyclic) bond motifs is 2. The van der Waals surface area contributed by atoms with E-state index in [1.807, 2.05) is 0 Å². The maximum atomic E-state index is 13.6. The highest BCUT2D eigenvalue weighted by molar-refractivity contribution is 7.90. The van der Waals surface area contributed by atoms with Crippen LogP contribution in [0.5, 0.6) is 0 Å². The predicted octanol–water partition coefficient (Wildman–Crippen LogP) is 3.02. The van der Waals surface area contributed by atoms with Crippen LogP contribution in [0.15, 0.2) is 77.7 Å². The Morgan fingerprint density at radius 1 is 0.853 bits per heavy atom. The fraction of sp³-hybridized carbons (Fsp3) is 0.0870. The molecule has 0 fully saturated rings. The SMILES string of the molecule is O=C1c2ccccc2C(=O)N1CCc1nc2ccccc2n1S(=O)(=O)c1ccccc1[N+](=O)[O-]. The number of carbonyl (C=O) groups is 2. The molecule has 5 rings (SSSR count). The number of nitro benzene ring substituents is 1. The normalized spacial score (nSPS) is 13.5. The summed E-state index contributed by atoms with van der Waals surface area (Å²) >= 11 is 0. The second-order valence-corrected chi connectivity index (χ2v) is 9.32. The Morgan fingerprint density at radius 2 is 1.44 bits per heavy atom. The molecule has 3 aromatic carbocycles. The number of aromatic nitrogens is 2. The topological polar surface area (TPSA) is 132 Å². The summed E-state index contributed by atoms with van der Waals surface area (Å²) in [6, 6.07) is 18.0. The number of imidazole rings is 1. The fourth-order valence-corrected chi connectivity index (χ4v) is 5.74. The fourth-order valence-electron chi connectivity index (χ4n) is 4.06. The number of rotatable bonds is 6. The third-order valence-corrected chi connectivity index (χ3v) is 7.39. The van der Waals surface area contributed by atoms with Gasteiger partial charge in [-0.15, -0.1) is 0 Å². The van der Waals surface area contributed by atoms with Gasteiger partial charge in [0.1, 0.15) is 5.82 Å². The Bertz CT molecular complexity index is 1570. The molecule has 0 N–H and O–H groups in total. The molecule has 0 atom stereocenters. The summed E-state index contributed by atoms with van der Waals surface area (Å²) in [4.78, 5) is 41.1. The molecule has 0 saturated carbocycles. The standard InChI is InChI=1S/C23H16N4O6S/c28-22-15-7-1-2-8-16(15)23(29)25(22)14-13-21-24-17-9-3-4-10-18(17)26(21)34(32,33)20-12-6-5-11-19(20)27(30)31/h1-12H,13-14H2. The Morgan fingerprint density at radius 3 is 2.12 bits per heavy atom. The van der Waals surface area contributed by atoms with Crippen LogP contribution >= 0.6 is 0 Å². The highest BCUT2D eigenvalue weighted by Crippen LogP contribution is 2.30. The largest absolute Gasteiger partial charge is 0.289 e. The van der Waals surface area contributed by atoms with Gasteiger partial charge in [-0.25, -0.2) is 17.4 Å². The predicted molar refractivity (Wildman–Crippen MR) is 121 cm³/mol. The van der Waals surface area contributed by atoms with Crippen LogP contribution in [-0.2, 0) is 16.4 Å². The lowest BCUT2D eigenvalue weighted by Gasteiger charge is -2.15. The van der Waals surface area contributed by atoms with Gasteiger partial charge in [-0.1, -0.05) is 36.4 Å². The molecule has 1 aliphatic heterocycles. The van der Waals surface area contributed by atoms with Gasteiger partial charge in [-0.3, -0.25) is 24.6 Å². The number of hydrogen-bond donors (Lipinski definition) is 0. The molecule has 4 aromatic rings. The Labute approximate surface area is 193 Å². The van der Waals surface area contributed by atoms with E-state index < -0.39 is 37.3 Å². The van der Waals surface area contributed by atoms with Gasteiger partial charge in [-0.2, -0.15) is 0 Å². The molecular formula is C23H16N4O6S. The number of nitro groups is 1. The van der Waals surface area contributed by atoms with Gasteiger partial charge in [-0.05, 0) is 30.3 Å². The lowest BCUT2D eigenvalue weighted by molar-refractivity contribution is -0.387. The van der Waals surface area contributed by atoms with E-state index in [0.29, 0.717) is 5.52 Å². The summed E-state index contributed by atoms with van der Waals surface area (Å²) < 4.78 is 28.2. The minimum atomic E-state index is -4.43. The Hall–Kier alpha value is -4.38. The summed E-state index contributed by atoms with van der Waals surface area (Å²) in [5.41, 5.74) is 0.605. The molecular weight excluding hydrogens is 460 g/mol. The molecule has 2 heterocycles. The minimum absolute atomic E-state index is 0.0518. The first-order valence-electron chi connectivity index (χ1n) is 10.2. The zero-order chi connectivity index (χ0) is 24.0. The molecule has 0 spiro atoms. The van der Waals surface area contributed by atoms with Gasteiger partial charge >= 0.3 is 0 Å². The van der Waals surface area contributed by atoms with Crippen molar-refractivity contribution >= 4 is 38.6 Å². The molecule has 0 bridgehead atoms. The monoisotopic (exact) mass is 476 g/mol. The molecule has 0 saturated heterocycles. The van der Waals surface area contributed by atoms with Crippen molar-refractivity contribution in [2.45, 2.75) is 11.3 Å². The third-order valence-electron chi connectivity index (χ3n) is 5.60. The molecule has 0 aliphatic carbocycles. The Balaban J connectivity index is 1.58. The number of nitrogens with zero attached hydrogens (tertiary/aromatic N) is 4. The molecule has 10 nitrogen and oxygen atoms in total. The number of imide groups is 1. The van der Waals surface area contributed by atoms with Gasteiger partial charge < -0.3 is 0 Å². The lowest BCUT2D eigenvalue weighted by Crippen LogP contribution is -2.32. The van der Waals surface area contributed by atoms with Crippen LogP contribution in [0, 0.1) is 10.1 Å². The van der Waals surface area contributed by atoms with E-state index >= 15 is 0 Å². The minimum Gasteiger partial charge on any atom is -0.274 e. The maximum Gasteiger partial charge on any atom is 0.289 e. The van der Waals surface area contributed by atoms with Crippen LogP contribution in [0.2, 0.25) is 0 Å². The number of benzene rings is 3. The van der Waals surface area contributed by atoms with Crippen molar-refractivity contribution in [3.63, 3.8) is 0 Å². The molecule has 2 amide bonds. The van der Waals surface area contributed by atoms with Crippen molar-refractivity contribution in [3.8, 4) is 0 Å². The first-order valence-corrected chi connectivity index (χ1v) is 11.7. The highest BCUT2D eigenvalue weighted by Gasteiger charge is 2.36. The number of amides is 2.